The molecule has 3 aromatic rings. The van der Waals surface area contributed by atoms with Gasteiger partial charge in [0.05, 0.1) is 5.52 Å². The molecular weight excluding hydrogens is 327 g/mol. The van der Waals surface area contributed by atoms with Crippen LogP contribution in [0.1, 0.15) is 25.8 Å². The summed E-state index contributed by atoms with van der Waals surface area (Å²) in [6.45, 7) is 5.95. The summed E-state index contributed by atoms with van der Waals surface area (Å²) < 4.78 is 13.0. The standard InChI is InChI=1S/C21H25FN4/c1-3-15(2)14-24-21-25-19-7-5-4-6-18(19)20(26-21)23-13-12-16-8-10-17(22)11-9-16/h4-11,15H,3,12-14H2,1-2H3,(H2,23,24,25,26). The fourth-order valence-corrected chi connectivity index (χ4v) is 2.68. The van der Waals surface area contributed by atoms with E-state index in [2.05, 4.69) is 34.4 Å². The van der Waals surface area contributed by atoms with Crippen molar-refractivity contribution < 1.29 is 4.39 Å². The predicted molar refractivity (Wildman–Crippen MR) is 106 cm³/mol. The number of para-hydroxylation sites is 1. The summed E-state index contributed by atoms with van der Waals surface area (Å²) in [6, 6.07) is 14.6. The van der Waals surface area contributed by atoms with Crippen molar-refractivity contribution in [3.05, 3.63) is 59.9 Å². The summed E-state index contributed by atoms with van der Waals surface area (Å²) in [7, 11) is 0. The second-order valence-electron chi connectivity index (χ2n) is 6.61. The normalized spacial score (nSPS) is 12.1. The minimum atomic E-state index is -0.208. The monoisotopic (exact) mass is 352 g/mol. The molecule has 0 radical (unpaired) electrons. The first kappa shape index (κ1) is 18.1. The molecule has 0 aliphatic rings. The molecule has 1 aromatic heterocycles. The molecule has 1 unspecified atom stereocenters. The van der Waals surface area contributed by atoms with E-state index in [0.717, 1.165) is 48.2 Å². The fourth-order valence-electron chi connectivity index (χ4n) is 2.68. The van der Waals surface area contributed by atoms with Crippen molar-refractivity contribution in [2.24, 2.45) is 5.92 Å². The van der Waals surface area contributed by atoms with E-state index in [1.54, 1.807) is 0 Å². The molecule has 26 heavy (non-hydrogen) atoms. The van der Waals surface area contributed by atoms with Gasteiger partial charge in [-0.05, 0) is 42.2 Å². The number of nitrogens with one attached hydrogen (secondary N) is 2. The molecule has 0 saturated carbocycles. The van der Waals surface area contributed by atoms with Crippen LogP contribution >= 0.6 is 0 Å². The number of nitrogens with zero attached hydrogens (tertiary/aromatic N) is 2. The van der Waals surface area contributed by atoms with Gasteiger partial charge in [0, 0.05) is 18.5 Å². The molecule has 0 bridgehead atoms. The quantitative estimate of drug-likeness (QED) is 0.606. The molecule has 0 fully saturated rings. The zero-order valence-corrected chi connectivity index (χ0v) is 15.3. The maximum absolute atomic E-state index is 13.0. The summed E-state index contributed by atoms with van der Waals surface area (Å²) in [5.74, 6) is 1.83. The second-order valence-corrected chi connectivity index (χ2v) is 6.61. The van der Waals surface area contributed by atoms with Gasteiger partial charge in [0.2, 0.25) is 5.95 Å². The third-order valence-electron chi connectivity index (χ3n) is 4.53. The zero-order chi connectivity index (χ0) is 18.4. The fraction of sp³-hybridized carbons (Fsp3) is 0.333. The van der Waals surface area contributed by atoms with Crippen LogP contribution in [0.5, 0.6) is 0 Å². The SMILES string of the molecule is CCC(C)CNc1nc(NCCc2ccc(F)cc2)c2ccccc2n1. The van der Waals surface area contributed by atoms with Crippen LogP contribution in [0.15, 0.2) is 48.5 Å². The molecule has 1 heterocycles. The van der Waals surface area contributed by atoms with Gasteiger partial charge in [-0.2, -0.15) is 4.98 Å². The van der Waals surface area contributed by atoms with Crippen molar-refractivity contribution >= 4 is 22.7 Å². The summed E-state index contributed by atoms with van der Waals surface area (Å²) >= 11 is 0. The molecule has 2 aromatic carbocycles. The number of benzene rings is 2. The van der Waals surface area contributed by atoms with Crippen LogP contribution in [0.3, 0.4) is 0 Å². The maximum atomic E-state index is 13.0. The zero-order valence-electron chi connectivity index (χ0n) is 15.3. The van der Waals surface area contributed by atoms with Crippen molar-refractivity contribution in [2.75, 3.05) is 23.7 Å². The molecule has 0 aliphatic heterocycles. The van der Waals surface area contributed by atoms with Gasteiger partial charge in [-0.1, -0.05) is 44.5 Å². The van der Waals surface area contributed by atoms with Crippen molar-refractivity contribution in [1.82, 2.24) is 9.97 Å². The van der Waals surface area contributed by atoms with Crippen LogP contribution in [-0.4, -0.2) is 23.1 Å². The van der Waals surface area contributed by atoms with Crippen LogP contribution in [0.25, 0.3) is 10.9 Å². The molecule has 5 heteroatoms. The molecular formula is C21H25FN4. The highest BCUT2D eigenvalue weighted by atomic mass is 19.1. The van der Waals surface area contributed by atoms with E-state index in [1.165, 1.54) is 12.1 Å². The summed E-state index contributed by atoms with van der Waals surface area (Å²) in [6.07, 6.45) is 1.91. The molecule has 0 spiro atoms. The van der Waals surface area contributed by atoms with Crippen LogP contribution in [0.2, 0.25) is 0 Å². The van der Waals surface area contributed by atoms with Gasteiger partial charge in [0.25, 0.3) is 0 Å². The molecule has 2 N–H and O–H groups in total. The predicted octanol–water partition coefficient (Wildman–Crippen LogP) is 4.88. The number of hydrogen-bond acceptors (Lipinski definition) is 4. The summed E-state index contributed by atoms with van der Waals surface area (Å²) in [4.78, 5) is 9.27. The lowest BCUT2D eigenvalue weighted by atomic mass is 10.1. The minimum Gasteiger partial charge on any atom is -0.369 e. The van der Waals surface area contributed by atoms with Gasteiger partial charge in [0.1, 0.15) is 11.6 Å². The lowest BCUT2D eigenvalue weighted by Gasteiger charge is -2.13. The highest BCUT2D eigenvalue weighted by Crippen LogP contribution is 2.22. The number of hydrogen-bond donors (Lipinski definition) is 2. The second kappa shape index (κ2) is 8.61. The summed E-state index contributed by atoms with van der Waals surface area (Å²) in [5.41, 5.74) is 2.01. The van der Waals surface area contributed by atoms with Gasteiger partial charge in [-0.15, -0.1) is 0 Å². The number of anilines is 2. The third-order valence-corrected chi connectivity index (χ3v) is 4.53. The Balaban J connectivity index is 1.73. The first-order chi connectivity index (χ1) is 12.7. The first-order valence-corrected chi connectivity index (χ1v) is 9.14. The van der Waals surface area contributed by atoms with Gasteiger partial charge in [-0.25, -0.2) is 9.37 Å². The first-order valence-electron chi connectivity index (χ1n) is 9.14. The maximum Gasteiger partial charge on any atom is 0.225 e. The van der Waals surface area contributed by atoms with E-state index in [1.807, 2.05) is 36.4 Å². The minimum absolute atomic E-state index is 0.208. The Morgan fingerprint density at radius 2 is 1.77 bits per heavy atom. The van der Waals surface area contributed by atoms with Gasteiger partial charge in [0.15, 0.2) is 0 Å². The Morgan fingerprint density at radius 3 is 2.54 bits per heavy atom. The van der Waals surface area contributed by atoms with Gasteiger partial charge in [-0.3, -0.25) is 0 Å². The molecule has 0 saturated heterocycles. The number of rotatable bonds is 8. The van der Waals surface area contributed by atoms with E-state index in [0.29, 0.717) is 11.9 Å². The smallest absolute Gasteiger partial charge is 0.225 e. The number of aromatic nitrogens is 2. The van der Waals surface area contributed by atoms with E-state index >= 15 is 0 Å². The van der Waals surface area contributed by atoms with Crippen LogP contribution in [0, 0.1) is 11.7 Å². The molecule has 0 aliphatic carbocycles. The lowest BCUT2D eigenvalue weighted by molar-refractivity contribution is 0.591. The topological polar surface area (TPSA) is 49.8 Å². The Morgan fingerprint density at radius 1 is 1.00 bits per heavy atom. The molecule has 0 amide bonds. The largest absolute Gasteiger partial charge is 0.369 e. The van der Waals surface area contributed by atoms with Crippen LogP contribution in [0.4, 0.5) is 16.2 Å². The average Bonchev–Trinajstić information content (AvgIpc) is 2.67. The Kier molecular flexibility index (Phi) is 6.00. The molecule has 136 valence electrons. The van der Waals surface area contributed by atoms with E-state index in [4.69, 9.17) is 0 Å². The lowest BCUT2D eigenvalue weighted by Crippen LogP contribution is -2.14. The van der Waals surface area contributed by atoms with Gasteiger partial charge < -0.3 is 10.6 Å². The van der Waals surface area contributed by atoms with E-state index in [9.17, 15) is 4.39 Å². The molecule has 3 rings (SSSR count). The van der Waals surface area contributed by atoms with E-state index in [-0.39, 0.29) is 5.82 Å². The van der Waals surface area contributed by atoms with Crippen LogP contribution in [-0.2, 0) is 6.42 Å². The highest BCUT2D eigenvalue weighted by Gasteiger charge is 2.08. The average molecular weight is 352 g/mol. The van der Waals surface area contributed by atoms with Crippen molar-refractivity contribution in [3.8, 4) is 0 Å². The molecule has 4 nitrogen and oxygen atoms in total. The van der Waals surface area contributed by atoms with E-state index < -0.39 is 0 Å². The highest BCUT2D eigenvalue weighted by molar-refractivity contribution is 5.90. The number of halogens is 1. The number of fused-ring (bicyclic) bond motifs is 1. The van der Waals surface area contributed by atoms with Crippen molar-refractivity contribution in [1.29, 1.82) is 0 Å². The molecule has 1 atom stereocenters. The Hall–Kier alpha value is -2.69. The van der Waals surface area contributed by atoms with Crippen molar-refractivity contribution in [2.45, 2.75) is 26.7 Å². The third kappa shape index (κ3) is 4.69. The van der Waals surface area contributed by atoms with Gasteiger partial charge >= 0.3 is 0 Å². The Labute approximate surface area is 153 Å². The van der Waals surface area contributed by atoms with Crippen LogP contribution < -0.4 is 10.6 Å². The Bertz CT molecular complexity index is 848. The summed E-state index contributed by atoms with van der Waals surface area (Å²) in [5, 5.41) is 7.75. The van der Waals surface area contributed by atoms with Crippen molar-refractivity contribution in [3.63, 3.8) is 0 Å².